The van der Waals surface area contributed by atoms with E-state index in [1.165, 1.54) is 0 Å². The lowest BCUT2D eigenvalue weighted by Crippen LogP contribution is -2.28. The van der Waals surface area contributed by atoms with Gasteiger partial charge in [-0.25, -0.2) is 0 Å². The zero-order valence-electron chi connectivity index (χ0n) is 9.93. The molecule has 2 atom stereocenters. The molecule has 17 heavy (non-hydrogen) atoms. The van der Waals surface area contributed by atoms with Crippen molar-refractivity contribution in [2.75, 3.05) is 0 Å². The van der Waals surface area contributed by atoms with Crippen LogP contribution in [0.5, 0.6) is 0 Å². The highest BCUT2D eigenvalue weighted by molar-refractivity contribution is 5.77. The summed E-state index contributed by atoms with van der Waals surface area (Å²) in [5.41, 5.74) is 0.893. The number of nitrogens with zero attached hydrogens (tertiary/aromatic N) is 1. The normalized spacial score (nSPS) is 14.0. The van der Waals surface area contributed by atoms with Gasteiger partial charge in [-0.1, -0.05) is 6.92 Å². The molecule has 0 fully saturated rings. The number of carbonyl (C=O) groups excluding carboxylic acids is 1. The van der Waals surface area contributed by atoms with Crippen LogP contribution in [0.1, 0.15) is 38.3 Å². The van der Waals surface area contributed by atoms with E-state index in [2.05, 4.69) is 15.5 Å². The van der Waals surface area contributed by atoms with Crippen LogP contribution >= 0.6 is 0 Å². The van der Waals surface area contributed by atoms with Crippen molar-refractivity contribution in [3.05, 3.63) is 18.0 Å². The van der Waals surface area contributed by atoms with Crippen LogP contribution in [0.3, 0.4) is 0 Å². The van der Waals surface area contributed by atoms with Crippen molar-refractivity contribution in [2.45, 2.75) is 32.7 Å². The van der Waals surface area contributed by atoms with Gasteiger partial charge < -0.3 is 10.4 Å². The fourth-order valence-corrected chi connectivity index (χ4v) is 1.57. The Hall–Kier alpha value is -1.85. The van der Waals surface area contributed by atoms with Crippen LogP contribution in [0.25, 0.3) is 0 Å². The summed E-state index contributed by atoms with van der Waals surface area (Å²) >= 11 is 0. The van der Waals surface area contributed by atoms with Gasteiger partial charge in [0, 0.05) is 24.6 Å². The fourth-order valence-electron chi connectivity index (χ4n) is 1.57. The Morgan fingerprint density at radius 2 is 2.18 bits per heavy atom. The number of rotatable bonds is 6. The predicted octanol–water partition coefficient (Wildman–Crippen LogP) is 1.09. The monoisotopic (exact) mass is 239 g/mol. The molecule has 0 saturated heterocycles. The summed E-state index contributed by atoms with van der Waals surface area (Å²) in [4.78, 5) is 22.1. The van der Waals surface area contributed by atoms with E-state index in [1.54, 1.807) is 19.3 Å². The molecule has 6 heteroatoms. The second-order valence-corrected chi connectivity index (χ2v) is 4.23. The molecule has 0 saturated carbocycles. The molecule has 94 valence electrons. The van der Waals surface area contributed by atoms with Crippen molar-refractivity contribution in [3.63, 3.8) is 0 Å². The summed E-state index contributed by atoms with van der Waals surface area (Å²) in [6.45, 7) is 3.60. The van der Waals surface area contributed by atoms with Gasteiger partial charge in [0.2, 0.25) is 5.91 Å². The quantitative estimate of drug-likeness (QED) is 0.692. The number of hydrogen-bond donors (Lipinski definition) is 3. The number of amides is 1. The van der Waals surface area contributed by atoms with Crippen LogP contribution in [-0.2, 0) is 9.59 Å². The predicted molar refractivity (Wildman–Crippen MR) is 61.2 cm³/mol. The minimum atomic E-state index is -0.881. The number of aromatic amines is 1. The Bertz CT molecular complexity index is 375. The first-order valence-electron chi connectivity index (χ1n) is 5.49. The van der Waals surface area contributed by atoms with Crippen molar-refractivity contribution >= 4 is 11.9 Å². The second-order valence-electron chi connectivity index (χ2n) is 4.23. The van der Waals surface area contributed by atoms with Gasteiger partial charge in [0.1, 0.15) is 0 Å². The molecule has 1 amide bonds. The largest absolute Gasteiger partial charge is 0.481 e. The summed E-state index contributed by atoms with van der Waals surface area (Å²) in [6, 6.07) is -0.127. The minimum Gasteiger partial charge on any atom is -0.481 e. The lowest BCUT2D eigenvalue weighted by molar-refractivity contribution is -0.138. The Balaban J connectivity index is 2.37. The van der Waals surface area contributed by atoms with Gasteiger partial charge in [0.05, 0.1) is 12.2 Å². The zero-order valence-corrected chi connectivity index (χ0v) is 9.93. The van der Waals surface area contributed by atoms with Crippen molar-refractivity contribution in [1.29, 1.82) is 0 Å². The van der Waals surface area contributed by atoms with Crippen molar-refractivity contribution < 1.29 is 14.7 Å². The fraction of sp³-hybridized carbons (Fsp3) is 0.545. The molecule has 0 aliphatic carbocycles. The van der Waals surface area contributed by atoms with Crippen LogP contribution < -0.4 is 5.32 Å². The van der Waals surface area contributed by atoms with Gasteiger partial charge in [0.25, 0.3) is 0 Å². The molecule has 0 bridgehead atoms. The third-order valence-electron chi connectivity index (χ3n) is 2.45. The Labute approximate surface area is 99.4 Å². The first kappa shape index (κ1) is 13.2. The number of hydrogen-bond acceptors (Lipinski definition) is 3. The molecular weight excluding hydrogens is 222 g/mol. The molecule has 0 spiro atoms. The number of carbonyl (C=O) groups is 2. The Morgan fingerprint density at radius 1 is 1.47 bits per heavy atom. The maximum absolute atomic E-state index is 11.6. The second kappa shape index (κ2) is 6.03. The number of H-pyrrole nitrogens is 1. The molecule has 3 N–H and O–H groups in total. The average Bonchev–Trinajstić information content (AvgIpc) is 2.67. The number of carboxylic acid groups (broad SMARTS) is 1. The Kier molecular flexibility index (Phi) is 4.68. The van der Waals surface area contributed by atoms with Gasteiger partial charge in [-0.2, -0.15) is 5.10 Å². The summed E-state index contributed by atoms with van der Waals surface area (Å²) in [7, 11) is 0. The summed E-state index contributed by atoms with van der Waals surface area (Å²) < 4.78 is 0. The number of carboxylic acids is 1. The van der Waals surface area contributed by atoms with E-state index in [1.807, 2.05) is 6.92 Å². The van der Waals surface area contributed by atoms with Gasteiger partial charge in [-0.3, -0.25) is 14.7 Å². The molecule has 1 heterocycles. The van der Waals surface area contributed by atoms with Crippen molar-refractivity contribution in [2.24, 2.45) is 5.92 Å². The molecule has 0 aliphatic heterocycles. The SMILES string of the molecule is CC(CC(=O)O)CC(=O)NC(C)c1cn[nH]c1. The minimum absolute atomic E-state index is 0.00745. The van der Waals surface area contributed by atoms with E-state index in [0.717, 1.165) is 5.56 Å². The third-order valence-corrected chi connectivity index (χ3v) is 2.45. The van der Waals surface area contributed by atoms with Crippen LogP contribution in [0.2, 0.25) is 0 Å². The molecule has 0 aliphatic rings. The molecular formula is C11H17N3O3. The van der Waals surface area contributed by atoms with E-state index < -0.39 is 5.97 Å². The number of nitrogens with one attached hydrogen (secondary N) is 2. The van der Waals surface area contributed by atoms with E-state index in [4.69, 9.17) is 5.11 Å². The van der Waals surface area contributed by atoms with Crippen LogP contribution in [0.15, 0.2) is 12.4 Å². The van der Waals surface area contributed by atoms with E-state index >= 15 is 0 Å². The number of aliphatic carboxylic acids is 1. The lowest BCUT2D eigenvalue weighted by Gasteiger charge is -2.14. The highest BCUT2D eigenvalue weighted by atomic mass is 16.4. The number of aromatic nitrogens is 2. The van der Waals surface area contributed by atoms with Gasteiger partial charge in [-0.05, 0) is 12.8 Å². The first-order valence-corrected chi connectivity index (χ1v) is 5.49. The topological polar surface area (TPSA) is 95.1 Å². The molecule has 0 aromatic carbocycles. The highest BCUT2D eigenvalue weighted by Crippen LogP contribution is 2.12. The molecule has 0 radical (unpaired) electrons. The summed E-state index contributed by atoms with van der Waals surface area (Å²) in [5, 5.41) is 17.8. The van der Waals surface area contributed by atoms with Crippen molar-refractivity contribution in [3.8, 4) is 0 Å². The van der Waals surface area contributed by atoms with Gasteiger partial charge in [-0.15, -0.1) is 0 Å². The first-order chi connectivity index (χ1) is 7.99. The van der Waals surface area contributed by atoms with Crippen LogP contribution in [-0.4, -0.2) is 27.2 Å². The average molecular weight is 239 g/mol. The molecule has 1 aromatic heterocycles. The summed E-state index contributed by atoms with van der Waals surface area (Å²) in [6.07, 6.45) is 3.58. The summed E-state index contributed by atoms with van der Waals surface area (Å²) in [5.74, 6) is -1.19. The smallest absolute Gasteiger partial charge is 0.303 e. The molecule has 2 unspecified atom stereocenters. The molecule has 1 rings (SSSR count). The van der Waals surface area contributed by atoms with E-state index in [-0.39, 0.29) is 30.7 Å². The molecule has 6 nitrogen and oxygen atoms in total. The van der Waals surface area contributed by atoms with Crippen LogP contribution in [0, 0.1) is 5.92 Å². The van der Waals surface area contributed by atoms with Gasteiger partial charge in [0.15, 0.2) is 0 Å². The Morgan fingerprint density at radius 3 is 2.71 bits per heavy atom. The maximum atomic E-state index is 11.6. The van der Waals surface area contributed by atoms with Crippen LogP contribution in [0.4, 0.5) is 0 Å². The van der Waals surface area contributed by atoms with E-state index in [0.29, 0.717) is 0 Å². The molecule has 1 aromatic rings. The standard InChI is InChI=1S/C11H17N3O3/c1-7(4-11(16)17)3-10(15)14-8(2)9-5-12-13-6-9/h5-8H,3-4H2,1-2H3,(H,12,13)(H,14,15)(H,16,17). The van der Waals surface area contributed by atoms with Gasteiger partial charge >= 0.3 is 5.97 Å². The lowest BCUT2D eigenvalue weighted by atomic mass is 10.0. The van der Waals surface area contributed by atoms with Crippen molar-refractivity contribution in [1.82, 2.24) is 15.5 Å². The maximum Gasteiger partial charge on any atom is 0.303 e. The third kappa shape index (κ3) is 4.67. The van der Waals surface area contributed by atoms with E-state index in [9.17, 15) is 9.59 Å². The highest BCUT2D eigenvalue weighted by Gasteiger charge is 2.15. The zero-order chi connectivity index (χ0) is 12.8.